The Kier molecular flexibility index (Phi) is 5.43. The summed E-state index contributed by atoms with van der Waals surface area (Å²) >= 11 is 0. The minimum atomic E-state index is -1.51. The Bertz CT molecular complexity index is 1360. The fraction of sp³-hybridized carbons (Fsp3) is 0.259. The standard InChI is InChI=1S/C27H24O9/c1-30-19-7-13-16(10-22(19)33-4)27(17-11-23(34-5)20(31-2)8-14(17)25(13)28)18-12-24(35-6)21(32-3)9-15(18)26(29)36-27/h7-12H,1-6H3. The minimum Gasteiger partial charge on any atom is -0.493 e. The molecule has 36 heavy (non-hydrogen) atoms. The lowest BCUT2D eigenvalue weighted by Gasteiger charge is -2.37. The molecule has 0 atom stereocenters. The van der Waals surface area contributed by atoms with Crippen LogP contribution in [0.2, 0.25) is 0 Å². The molecule has 0 unspecified atom stereocenters. The molecule has 1 aliphatic heterocycles. The van der Waals surface area contributed by atoms with Crippen molar-refractivity contribution in [2.75, 3.05) is 42.7 Å². The van der Waals surface area contributed by atoms with Crippen LogP contribution in [-0.2, 0) is 10.3 Å². The van der Waals surface area contributed by atoms with E-state index in [1.54, 1.807) is 36.4 Å². The van der Waals surface area contributed by atoms with Gasteiger partial charge in [0.25, 0.3) is 0 Å². The summed E-state index contributed by atoms with van der Waals surface area (Å²) in [5.74, 6) is 1.36. The van der Waals surface area contributed by atoms with E-state index in [2.05, 4.69) is 0 Å². The van der Waals surface area contributed by atoms with Crippen LogP contribution in [0.25, 0.3) is 0 Å². The van der Waals surface area contributed by atoms with E-state index in [0.29, 0.717) is 62.3 Å². The number of rotatable bonds is 6. The average molecular weight is 492 g/mol. The Labute approximate surface area is 207 Å². The van der Waals surface area contributed by atoms with Gasteiger partial charge in [0.15, 0.2) is 45.9 Å². The third-order valence-corrected chi connectivity index (χ3v) is 6.66. The summed E-state index contributed by atoms with van der Waals surface area (Å²) in [6, 6.07) is 9.75. The third-order valence-electron chi connectivity index (χ3n) is 6.66. The molecule has 9 heteroatoms. The molecule has 0 amide bonds. The van der Waals surface area contributed by atoms with Crippen molar-refractivity contribution >= 4 is 11.8 Å². The molecule has 0 radical (unpaired) electrons. The summed E-state index contributed by atoms with van der Waals surface area (Å²) in [5, 5.41) is 0. The van der Waals surface area contributed by atoms with E-state index in [-0.39, 0.29) is 11.3 Å². The van der Waals surface area contributed by atoms with Crippen LogP contribution in [0.4, 0.5) is 0 Å². The SMILES string of the molecule is COc1cc2c(cc1OC)C1(OC2=O)c2cc(OC)c(OC)cc2C(=O)c2cc(OC)c(OC)cc21. The van der Waals surface area contributed by atoms with Gasteiger partial charge in [0.05, 0.1) is 48.2 Å². The third kappa shape index (κ3) is 2.95. The van der Waals surface area contributed by atoms with Crippen LogP contribution in [0, 0.1) is 0 Å². The number of hydrogen-bond donors (Lipinski definition) is 0. The van der Waals surface area contributed by atoms with Gasteiger partial charge < -0.3 is 33.2 Å². The second-order valence-corrected chi connectivity index (χ2v) is 8.16. The molecule has 3 aromatic carbocycles. The fourth-order valence-corrected chi connectivity index (χ4v) is 4.99. The van der Waals surface area contributed by atoms with Crippen LogP contribution in [0.5, 0.6) is 34.5 Å². The zero-order chi connectivity index (χ0) is 25.8. The average Bonchev–Trinajstić information content (AvgIpc) is 3.20. The molecule has 2 aliphatic rings. The highest BCUT2D eigenvalue weighted by molar-refractivity contribution is 6.15. The number of ether oxygens (including phenoxy) is 7. The molecule has 9 nitrogen and oxygen atoms in total. The van der Waals surface area contributed by atoms with Crippen molar-refractivity contribution in [3.05, 3.63) is 69.8 Å². The van der Waals surface area contributed by atoms with Crippen LogP contribution in [-0.4, -0.2) is 54.4 Å². The molecule has 0 aromatic heterocycles. The van der Waals surface area contributed by atoms with Gasteiger partial charge in [-0.3, -0.25) is 4.79 Å². The topological polar surface area (TPSA) is 98.8 Å². The van der Waals surface area contributed by atoms with Crippen LogP contribution in [0.15, 0.2) is 36.4 Å². The van der Waals surface area contributed by atoms with E-state index in [1.165, 1.54) is 42.7 Å². The molecule has 1 aliphatic carbocycles. The van der Waals surface area contributed by atoms with E-state index in [9.17, 15) is 9.59 Å². The van der Waals surface area contributed by atoms with Gasteiger partial charge in [0, 0.05) is 27.8 Å². The van der Waals surface area contributed by atoms with Crippen molar-refractivity contribution in [2.24, 2.45) is 0 Å². The second-order valence-electron chi connectivity index (χ2n) is 8.16. The number of fused-ring (bicyclic) bond motifs is 6. The zero-order valence-corrected chi connectivity index (χ0v) is 20.6. The molecule has 0 N–H and O–H groups in total. The van der Waals surface area contributed by atoms with Gasteiger partial charge in [-0.15, -0.1) is 0 Å². The maximum Gasteiger partial charge on any atom is 0.340 e. The van der Waals surface area contributed by atoms with Gasteiger partial charge in [0.2, 0.25) is 0 Å². The second kappa shape index (κ2) is 8.37. The Morgan fingerprint density at radius 2 is 0.806 bits per heavy atom. The highest BCUT2D eigenvalue weighted by atomic mass is 16.6. The van der Waals surface area contributed by atoms with Gasteiger partial charge in [-0.2, -0.15) is 0 Å². The highest BCUT2D eigenvalue weighted by Crippen LogP contribution is 2.56. The molecule has 0 saturated heterocycles. The van der Waals surface area contributed by atoms with Gasteiger partial charge in [0.1, 0.15) is 0 Å². The van der Waals surface area contributed by atoms with Crippen molar-refractivity contribution in [1.82, 2.24) is 0 Å². The number of carbonyl (C=O) groups excluding carboxylic acids is 2. The number of esters is 1. The first-order valence-corrected chi connectivity index (χ1v) is 11.0. The molecule has 0 fully saturated rings. The van der Waals surface area contributed by atoms with E-state index in [0.717, 1.165) is 0 Å². The predicted octanol–water partition coefficient (Wildman–Crippen LogP) is 3.74. The molecule has 1 heterocycles. The highest BCUT2D eigenvalue weighted by Gasteiger charge is 2.55. The van der Waals surface area contributed by atoms with Crippen molar-refractivity contribution in [1.29, 1.82) is 0 Å². The van der Waals surface area contributed by atoms with Crippen molar-refractivity contribution in [3.8, 4) is 34.5 Å². The summed E-state index contributed by atoms with van der Waals surface area (Å²) in [6.45, 7) is 0. The van der Waals surface area contributed by atoms with Crippen LogP contribution in [0.1, 0.15) is 43.0 Å². The summed E-state index contributed by atoms with van der Waals surface area (Å²) in [7, 11) is 8.94. The van der Waals surface area contributed by atoms with E-state index >= 15 is 0 Å². The summed E-state index contributed by atoms with van der Waals surface area (Å²) in [4.78, 5) is 27.2. The Balaban J connectivity index is 1.95. The number of carbonyl (C=O) groups is 2. The maximum atomic E-state index is 13.8. The molecular formula is C27H24O9. The molecule has 186 valence electrons. The number of ketones is 1. The smallest absolute Gasteiger partial charge is 0.340 e. The Morgan fingerprint density at radius 3 is 1.17 bits per heavy atom. The molecule has 3 aromatic rings. The van der Waals surface area contributed by atoms with Crippen molar-refractivity contribution in [2.45, 2.75) is 5.60 Å². The number of benzene rings is 3. The molecular weight excluding hydrogens is 468 g/mol. The van der Waals surface area contributed by atoms with Crippen molar-refractivity contribution in [3.63, 3.8) is 0 Å². The first-order valence-electron chi connectivity index (χ1n) is 11.0. The van der Waals surface area contributed by atoms with Crippen LogP contribution in [0.3, 0.4) is 0 Å². The summed E-state index contributed by atoms with van der Waals surface area (Å²) in [6.07, 6.45) is 0. The van der Waals surface area contributed by atoms with Gasteiger partial charge >= 0.3 is 5.97 Å². The fourth-order valence-electron chi connectivity index (χ4n) is 4.99. The predicted molar refractivity (Wildman–Crippen MR) is 127 cm³/mol. The van der Waals surface area contributed by atoms with Gasteiger partial charge in [-0.05, 0) is 36.4 Å². The monoisotopic (exact) mass is 492 g/mol. The van der Waals surface area contributed by atoms with Crippen LogP contribution >= 0.6 is 0 Å². The largest absolute Gasteiger partial charge is 0.493 e. The molecule has 5 rings (SSSR count). The Morgan fingerprint density at radius 1 is 0.500 bits per heavy atom. The Hall–Kier alpha value is -4.40. The quantitative estimate of drug-likeness (QED) is 0.477. The van der Waals surface area contributed by atoms with E-state index < -0.39 is 11.6 Å². The first kappa shape index (κ1) is 23.3. The maximum absolute atomic E-state index is 13.8. The zero-order valence-electron chi connectivity index (χ0n) is 20.6. The lowest BCUT2D eigenvalue weighted by Crippen LogP contribution is -2.37. The minimum absolute atomic E-state index is 0.281. The lowest BCUT2D eigenvalue weighted by molar-refractivity contribution is 0.0237. The molecule has 0 saturated carbocycles. The lowest BCUT2D eigenvalue weighted by atomic mass is 9.70. The molecule has 0 bridgehead atoms. The summed E-state index contributed by atoms with van der Waals surface area (Å²) < 4.78 is 39.2. The van der Waals surface area contributed by atoms with Gasteiger partial charge in [-0.25, -0.2) is 4.79 Å². The number of hydrogen-bond acceptors (Lipinski definition) is 9. The molecule has 1 spiro atoms. The van der Waals surface area contributed by atoms with E-state index in [1.807, 2.05) is 0 Å². The first-order chi connectivity index (χ1) is 17.4. The number of methoxy groups -OCH3 is 6. The van der Waals surface area contributed by atoms with Crippen LogP contribution < -0.4 is 28.4 Å². The normalized spacial score (nSPS) is 14.4. The summed E-state index contributed by atoms with van der Waals surface area (Å²) in [5.41, 5.74) is 0.686. The van der Waals surface area contributed by atoms with Crippen molar-refractivity contribution < 1.29 is 42.7 Å². The van der Waals surface area contributed by atoms with Gasteiger partial charge in [-0.1, -0.05) is 0 Å². The van der Waals surface area contributed by atoms with E-state index in [4.69, 9.17) is 33.2 Å².